The van der Waals surface area contributed by atoms with Crippen molar-refractivity contribution in [2.24, 2.45) is 0 Å². The highest BCUT2D eigenvalue weighted by atomic mass is 32.1. The number of pyridine rings is 1. The molecular weight excluding hydrogens is 400 g/mol. The van der Waals surface area contributed by atoms with Gasteiger partial charge in [-0.1, -0.05) is 17.3 Å². The zero-order valence-corrected chi connectivity index (χ0v) is 16.6. The lowest BCUT2D eigenvalue weighted by Crippen LogP contribution is -2.12. The predicted octanol–water partition coefficient (Wildman–Crippen LogP) is 3.62. The summed E-state index contributed by atoms with van der Waals surface area (Å²) in [6, 6.07) is 13.1. The summed E-state index contributed by atoms with van der Waals surface area (Å²) in [7, 11) is 0. The number of hydrogen-bond acceptors (Lipinski definition) is 8. The highest BCUT2D eigenvalue weighted by Crippen LogP contribution is 2.22. The molecule has 4 aromatic rings. The molecule has 0 unspecified atom stereocenters. The Balaban J connectivity index is 1.28. The number of anilines is 1. The summed E-state index contributed by atoms with van der Waals surface area (Å²) in [5.41, 5.74) is 2.52. The minimum atomic E-state index is -0.169. The molecule has 1 aromatic carbocycles. The Labute approximate surface area is 176 Å². The number of aromatic nitrogens is 4. The number of benzene rings is 1. The van der Waals surface area contributed by atoms with E-state index in [1.54, 1.807) is 42.9 Å². The number of nitriles is 1. The van der Waals surface area contributed by atoms with Gasteiger partial charge < -0.3 is 9.84 Å². The van der Waals surface area contributed by atoms with Gasteiger partial charge in [0.05, 0.1) is 11.6 Å². The van der Waals surface area contributed by atoms with Crippen molar-refractivity contribution in [3.8, 4) is 17.5 Å². The summed E-state index contributed by atoms with van der Waals surface area (Å²) in [4.78, 5) is 25.8. The van der Waals surface area contributed by atoms with Gasteiger partial charge in [0.1, 0.15) is 0 Å². The van der Waals surface area contributed by atoms with Gasteiger partial charge in [0.2, 0.25) is 17.6 Å². The first-order valence-corrected chi connectivity index (χ1v) is 9.98. The maximum Gasteiger partial charge on any atom is 0.227 e. The topological polar surface area (TPSA) is 118 Å². The average Bonchev–Trinajstić information content (AvgIpc) is 3.43. The molecule has 148 valence electrons. The molecule has 0 atom stereocenters. The maximum absolute atomic E-state index is 12.2. The van der Waals surface area contributed by atoms with Crippen molar-refractivity contribution >= 4 is 22.4 Å². The number of thiazole rings is 1. The van der Waals surface area contributed by atoms with Crippen LogP contribution < -0.4 is 5.32 Å². The highest BCUT2D eigenvalue weighted by Gasteiger charge is 2.12. The van der Waals surface area contributed by atoms with E-state index in [0.29, 0.717) is 35.3 Å². The molecule has 0 radical (unpaired) electrons. The Morgan fingerprint density at radius 2 is 1.97 bits per heavy atom. The predicted molar refractivity (Wildman–Crippen MR) is 111 cm³/mol. The van der Waals surface area contributed by atoms with Gasteiger partial charge in [-0.05, 0) is 29.8 Å². The third-order valence-corrected chi connectivity index (χ3v) is 5.15. The summed E-state index contributed by atoms with van der Waals surface area (Å²) in [5, 5.41) is 16.1. The maximum atomic E-state index is 12.2. The van der Waals surface area contributed by atoms with E-state index >= 15 is 0 Å². The Hall–Kier alpha value is -3.90. The fraction of sp³-hybridized carbons (Fsp3) is 0.143. The third-order valence-electron chi connectivity index (χ3n) is 4.23. The molecule has 0 aliphatic carbocycles. The summed E-state index contributed by atoms with van der Waals surface area (Å²) < 4.78 is 5.21. The molecule has 0 bridgehead atoms. The molecule has 0 aliphatic rings. The molecule has 30 heavy (non-hydrogen) atoms. The van der Waals surface area contributed by atoms with Gasteiger partial charge in [-0.2, -0.15) is 10.2 Å². The zero-order valence-electron chi connectivity index (χ0n) is 15.8. The van der Waals surface area contributed by atoms with Gasteiger partial charge in [-0.15, -0.1) is 11.3 Å². The molecule has 3 aromatic heterocycles. The lowest BCUT2D eigenvalue weighted by atomic mass is 10.1. The third kappa shape index (κ3) is 4.92. The molecule has 4 rings (SSSR count). The second kappa shape index (κ2) is 9.07. The van der Waals surface area contributed by atoms with Crippen molar-refractivity contribution in [3.63, 3.8) is 0 Å². The fourth-order valence-corrected chi connectivity index (χ4v) is 3.59. The van der Waals surface area contributed by atoms with Crippen LogP contribution >= 0.6 is 11.3 Å². The van der Waals surface area contributed by atoms with Gasteiger partial charge in [0.25, 0.3) is 0 Å². The second-order valence-corrected chi connectivity index (χ2v) is 7.53. The lowest BCUT2D eigenvalue weighted by Gasteiger charge is -1.99. The van der Waals surface area contributed by atoms with E-state index in [0.717, 1.165) is 16.0 Å². The van der Waals surface area contributed by atoms with E-state index in [1.165, 1.54) is 11.3 Å². The zero-order chi connectivity index (χ0) is 20.8. The normalized spacial score (nSPS) is 10.5. The highest BCUT2D eigenvalue weighted by molar-refractivity contribution is 7.15. The standard InChI is InChI=1S/C21H16N6O2S/c22-12-15-3-1-14(2-4-15)11-17-13-24-21(30-17)25-18(28)5-6-19-26-20(27-29-19)16-7-9-23-10-8-16/h1-4,7-10,13H,5-6,11H2,(H,24,25,28). The number of rotatable bonds is 7. The van der Waals surface area contributed by atoms with Crippen molar-refractivity contribution < 1.29 is 9.32 Å². The first-order valence-electron chi connectivity index (χ1n) is 9.16. The van der Waals surface area contributed by atoms with Gasteiger partial charge in [0.15, 0.2) is 5.13 Å². The lowest BCUT2D eigenvalue weighted by molar-refractivity contribution is -0.116. The average molecular weight is 416 g/mol. The van der Waals surface area contributed by atoms with Gasteiger partial charge in [-0.25, -0.2) is 4.98 Å². The number of carbonyl (C=O) groups is 1. The molecule has 1 N–H and O–H groups in total. The first-order chi connectivity index (χ1) is 14.7. The van der Waals surface area contributed by atoms with E-state index < -0.39 is 0 Å². The molecule has 8 nitrogen and oxygen atoms in total. The summed E-state index contributed by atoms with van der Waals surface area (Å²) in [6.07, 6.45) is 6.30. The van der Waals surface area contributed by atoms with Crippen molar-refractivity contribution in [2.75, 3.05) is 5.32 Å². The minimum absolute atomic E-state index is 0.169. The van der Waals surface area contributed by atoms with Crippen LogP contribution in [0, 0.1) is 11.3 Å². The van der Waals surface area contributed by atoms with E-state index in [-0.39, 0.29) is 12.3 Å². The van der Waals surface area contributed by atoms with E-state index in [1.807, 2.05) is 12.1 Å². The molecular formula is C21H16N6O2S. The van der Waals surface area contributed by atoms with Crippen LogP contribution in [0.25, 0.3) is 11.4 Å². The van der Waals surface area contributed by atoms with Crippen LogP contribution in [-0.4, -0.2) is 26.0 Å². The molecule has 0 saturated carbocycles. The molecule has 0 aliphatic heterocycles. The Bertz CT molecular complexity index is 1180. The van der Waals surface area contributed by atoms with E-state index in [2.05, 4.69) is 31.5 Å². The van der Waals surface area contributed by atoms with Crippen molar-refractivity contribution in [3.05, 3.63) is 76.9 Å². The monoisotopic (exact) mass is 416 g/mol. The number of amides is 1. The quantitative estimate of drug-likeness (QED) is 0.489. The summed E-state index contributed by atoms with van der Waals surface area (Å²) in [5.74, 6) is 0.704. The molecule has 1 amide bonds. The molecule has 0 saturated heterocycles. The summed E-state index contributed by atoms with van der Waals surface area (Å²) in [6.45, 7) is 0. The first kappa shape index (κ1) is 19.4. The van der Waals surface area contributed by atoms with Crippen LogP contribution in [0.2, 0.25) is 0 Å². The Morgan fingerprint density at radius 1 is 1.17 bits per heavy atom. The number of nitrogens with one attached hydrogen (secondary N) is 1. The minimum Gasteiger partial charge on any atom is -0.339 e. The summed E-state index contributed by atoms with van der Waals surface area (Å²) >= 11 is 1.42. The van der Waals surface area contributed by atoms with E-state index in [9.17, 15) is 4.79 Å². The smallest absolute Gasteiger partial charge is 0.227 e. The fourth-order valence-electron chi connectivity index (χ4n) is 2.72. The van der Waals surface area contributed by atoms with Crippen LogP contribution in [0.1, 0.15) is 28.3 Å². The molecule has 3 heterocycles. The molecule has 0 spiro atoms. The van der Waals surface area contributed by atoms with Gasteiger partial charge in [-0.3, -0.25) is 9.78 Å². The Morgan fingerprint density at radius 3 is 2.73 bits per heavy atom. The van der Waals surface area contributed by atoms with Crippen LogP contribution in [0.4, 0.5) is 5.13 Å². The Kier molecular flexibility index (Phi) is 5.87. The van der Waals surface area contributed by atoms with Gasteiger partial charge in [0, 0.05) is 48.3 Å². The van der Waals surface area contributed by atoms with Crippen molar-refractivity contribution in [1.82, 2.24) is 20.1 Å². The largest absolute Gasteiger partial charge is 0.339 e. The van der Waals surface area contributed by atoms with E-state index in [4.69, 9.17) is 9.78 Å². The molecule has 9 heteroatoms. The number of hydrogen-bond donors (Lipinski definition) is 1. The van der Waals surface area contributed by atoms with Crippen LogP contribution in [0.15, 0.2) is 59.5 Å². The van der Waals surface area contributed by atoms with Crippen LogP contribution in [0.3, 0.4) is 0 Å². The van der Waals surface area contributed by atoms with Crippen LogP contribution in [-0.2, 0) is 17.6 Å². The second-order valence-electron chi connectivity index (χ2n) is 6.41. The SMILES string of the molecule is N#Cc1ccc(Cc2cnc(NC(=O)CCc3nc(-c4ccncc4)no3)s2)cc1. The van der Waals surface area contributed by atoms with Crippen LogP contribution in [0.5, 0.6) is 0 Å². The van der Waals surface area contributed by atoms with Gasteiger partial charge >= 0.3 is 0 Å². The molecule has 0 fully saturated rings. The number of carbonyl (C=O) groups excluding carboxylic acids is 1. The van der Waals surface area contributed by atoms with Crippen molar-refractivity contribution in [2.45, 2.75) is 19.3 Å². The van der Waals surface area contributed by atoms with Crippen molar-refractivity contribution in [1.29, 1.82) is 5.26 Å². The number of aryl methyl sites for hydroxylation is 1. The number of nitrogens with zero attached hydrogens (tertiary/aromatic N) is 5.